The minimum atomic E-state index is -4.39. The maximum Gasteiger partial charge on any atom is 0.416 e. The summed E-state index contributed by atoms with van der Waals surface area (Å²) in [6.45, 7) is 3.26. The number of rotatable bonds is 11. The third-order valence-corrected chi connectivity index (χ3v) is 9.98. The van der Waals surface area contributed by atoms with Gasteiger partial charge >= 0.3 is 6.18 Å². The van der Waals surface area contributed by atoms with Crippen LogP contribution in [0.2, 0.25) is 0 Å². The number of nitrogens with one attached hydrogen (secondary N) is 1. The summed E-state index contributed by atoms with van der Waals surface area (Å²) >= 11 is 0. The largest absolute Gasteiger partial charge is 0.416 e. The molecule has 0 radical (unpaired) electrons. The second-order valence-electron chi connectivity index (χ2n) is 11.1. The molecular formula is C32H35F3N2O6S. The van der Waals surface area contributed by atoms with Gasteiger partial charge in [-0.25, -0.2) is 8.42 Å². The Labute approximate surface area is 254 Å². The van der Waals surface area contributed by atoms with Crippen LogP contribution in [0.15, 0.2) is 77.7 Å². The summed E-state index contributed by atoms with van der Waals surface area (Å²) in [7, 11) is -3.37. The molecular weight excluding hydrogens is 597 g/mol. The molecule has 5 rings (SSSR count). The lowest BCUT2D eigenvalue weighted by Gasteiger charge is -2.31. The van der Waals surface area contributed by atoms with E-state index in [2.05, 4.69) is 10.2 Å². The van der Waals surface area contributed by atoms with E-state index in [1.165, 1.54) is 24.3 Å². The van der Waals surface area contributed by atoms with E-state index in [0.717, 1.165) is 23.4 Å². The van der Waals surface area contributed by atoms with E-state index in [1.807, 2.05) is 12.1 Å². The van der Waals surface area contributed by atoms with Crippen LogP contribution in [0.25, 0.3) is 0 Å². The summed E-state index contributed by atoms with van der Waals surface area (Å²) in [5.41, 5.74) is 1.93. The molecule has 8 nitrogen and oxygen atoms in total. The SMILES string of the molecule is CCS(=O)(=O)c1ccc([C@H](CO)NC(=O)c2ccc(N3CC(c4ccc(C(F)(F)F)cc4)C[C@H]3COC3COC3)cc2)cc1. The van der Waals surface area contributed by atoms with Crippen molar-refractivity contribution in [2.75, 3.05) is 43.6 Å². The number of anilines is 1. The minimum Gasteiger partial charge on any atom is -0.394 e. The zero-order valence-corrected chi connectivity index (χ0v) is 25.0. The molecule has 2 saturated heterocycles. The number of benzene rings is 3. The first-order chi connectivity index (χ1) is 21.0. The number of halogens is 3. The summed E-state index contributed by atoms with van der Waals surface area (Å²) in [6, 6.07) is 17.6. The molecule has 3 aromatic rings. The second-order valence-corrected chi connectivity index (χ2v) is 13.4. The topological polar surface area (TPSA) is 105 Å². The number of ether oxygens (including phenoxy) is 2. The fourth-order valence-corrected chi connectivity index (χ4v) is 6.37. The maximum atomic E-state index is 13.1. The van der Waals surface area contributed by atoms with Crippen molar-refractivity contribution in [1.82, 2.24) is 5.32 Å². The zero-order valence-electron chi connectivity index (χ0n) is 24.2. The maximum absolute atomic E-state index is 13.1. The summed E-state index contributed by atoms with van der Waals surface area (Å²) < 4.78 is 74.7. The number of aliphatic hydroxyl groups excluding tert-OH is 1. The van der Waals surface area contributed by atoms with Crippen LogP contribution in [0.5, 0.6) is 0 Å². The van der Waals surface area contributed by atoms with Gasteiger partial charge in [-0.3, -0.25) is 4.79 Å². The van der Waals surface area contributed by atoms with Crippen LogP contribution in [-0.4, -0.2) is 70.3 Å². The van der Waals surface area contributed by atoms with E-state index in [0.29, 0.717) is 43.9 Å². The van der Waals surface area contributed by atoms with Gasteiger partial charge in [-0.1, -0.05) is 31.2 Å². The number of carbonyl (C=O) groups is 1. The first-order valence-electron chi connectivity index (χ1n) is 14.5. The monoisotopic (exact) mass is 632 g/mol. The van der Waals surface area contributed by atoms with Gasteiger partial charge < -0.3 is 24.8 Å². The van der Waals surface area contributed by atoms with Crippen molar-refractivity contribution in [3.8, 4) is 0 Å². The highest BCUT2D eigenvalue weighted by molar-refractivity contribution is 7.91. The van der Waals surface area contributed by atoms with E-state index in [9.17, 15) is 31.5 Å². The molecule has 0 aliphatic carbocycles. The lowest BCUT2D eigenvalue weighted by Crippen LogP contribution is -2.41. The number of hydrogen-bond acceptors (Lipinski definition) is 7. The predicted octanol–water partition coefficient (Wildman–Crippen LogP) is 4.74. The number of sulfone groups is 1. The van der Waals surface area contributed by atoms with Crippen molar-refractivity contribution in [3.05, 3.63) is 95.1 Å². The highest BCUT2D eigenvalue weighted by Crippen LogP contribution is 2.37. The summed E-state index contributed by atoms with van der Waals surface area (Å²) in [5.74, 6) is -0.441. The fraction of sp³-hybridized carbons (Fsp3) is 0.406. The van der Waals surface area contributed by atoms with Crippen molar-refractivity contribution in [2.24, 2.45) is 0 Å². The highest BCUT2D eigenvalue weighted by atomic mass is 32.2. The van der Waals surface area contributed by atoms with Crippen molar-refractivity contribution in [2.45, 2.75) is 48.5 Å². The summed E-state index contributed by atoms with van der Waals surface area (Å²) in [4.78, 5) is 15.4. The van der Waals surface area contributed by atoms with Crippen LogP contribution in [0.4, 0.5) is 18.9 Å². The molecule has 2 aliphatic heterocycles. The third-order valence-electron chi connectivity index (χ3n) is 8.23. The Morgan fingerprint density at radius 3 is 2.25 bits per heavy atom. The van der Waals surface area contributed by atoms with Gasteiger partial charge in [-0.05, 0) is 66.1 Å². The molecule has 1 unspecified atom stereocenters. The van der Waals surface area contributed by atoms with Gasteiger partial charge in [0, 0.05) is 23.7 Å². The number of aliphatic hydroxyl groups is 1. The molecule has 2 heterocycles. The van der Waals surface area contributed by atoms with Gasteiger partial charge in [0.2, 0.25) is 0 Å². The average molecular weight is 633 g/mol. The molecule has 2 N–H and O–H groups in total. The summed E-state index contributed by atoms with van der Waals surface area (Å²) in [6.07, 6.45) is -3.67. The molecule has 2 aliphatic rings. The van der Waals surface area contributed by atoms with Gasteiger partial charge in [0.15, 0.2) is 9.84 Å². The Morgan fingerprint density at radius 2 is 1.70 bits per heavy atom. The number of nitrogens with zero attached hydrogens (tertiary/aromatic N) is 1. The van der Waals surface area contributed by atoms with Crippen LogP contribution in [0.3, 0.4) is 0 Å². The lowest BCUT2D eigenvalue weighted by atomic mass is 9.95. The number of alkyl halides is 3. The second kappa shape index (κ2) is 13.3. The summed E-state index contributed by atoms with van der Waals surface area (Å²) in [5, 5.41) is 12.7. The zero-order chi connectivity index (χ0) is 31.5. The van der Waals surface area contributed by atoms with Gasteiger partial charge in [0.1, 0.15) is 6.10 Å². The normalized spacial score (nSPS) is 19.9. The van der Waals surface area contributed by atoms with Crippen LogP contribution in [0.1, 0.15) is 52.4 Å². The van der Waals surface area contributed by atoms with E-state index in [1.54, 1.807) is 31.2 Å². The first-order valence-corrected chi connectivity index (χ1v) is 16.1. The fourth-order valence-electron chi connectivity index (χ4n) is 5.49. The van der Waals surface area contributed by atoms with Gasteiger partial charge in [0.05, 0.1) is 54.7 Å². The number of amides is 1. The van der Waals surface area contributed by atoms with Gasteiger partial charge in [0.25, 0.3) is 5.91 Å². The molecule has 0 bridgehead atoms. The smallest absolute Gasteiger partial charge is 0.394 e. The van der Waals surface area contributed by atoms with Crippen molar-refractivity contribution in [1.29, 1.82) is 0 Å². The number of hydrogen-bond donors (Lipinski definition) is 2. The van der Waals surface area contributed by atoms with Crippen molar-refractivity contribution in [3.63, 3.8) is 0 Å². The standard InChI is InChI=1S/C32H35F3N2O6S/c1-2-44(40,41)29-13-7-22(8-14-29)30(17-38)36-31(39)23-5-11-26(12-6-23)37-16-24(15-27(37)18-43-28-19-42-20-28)21-3-9-25(10-4-21)32(33,34)35/h3-14,24,27-28,30,38H,2,15-20H2,1H3,(H,36,39)/t24?,27-,30-/m0/s1. The lowest BCUT2D eigenvalue weighted by molar-refractivity contribution is -0.137. The van der Waals surface area contributed by atoms with E-state index < -0.39 is 33.5 Å². The Bertz CT molecular complexity index is 1530. The Morgan fingerprint density at radius 1 is 1.05 bits per heavy atom. The van der Waals surface area contributed by atoms with Crippen molar-refractivity contribution < 1.29 is 41.0 Å². The van der Waals surface area contributed by atoms with E-state index >= 15 is 0 Å². The molecule has 0 saturated carbocycles. The first kappa shape index (κ1) is 32.0. The molecule has 0 aromatic heterocycles. The highest BCUT2D eigenvalue weighted by Gasteiger charge is 2.36. The quantitative estimate of drug-likeness (QED) is 0.315. The Hall–Kier alpha value is -3.45. The molecule has 12 heteroatoms. The van der Waals surface area contributed by atoms with Crippen LogP contribution >= 0.6 is 0 Å². The van der Waals surface area contributed by atoms with Crippen LogP contribution in [-0.2, 0) is 25.5 Å². The van der Waals surface area contributed by atoms with Crippen LogP contribution < -0.4 is 10.2 Å². The van der Waals surface area contributed by atoms with Crippen molar-refractivity contribution >= 4 is 21.4 Å². The Balaban J connectivity index is 1.28. The average Bonchev–Trinajstić information content (AvgIpc) is 3.43. The Kier molecular flexibility index (Phi) is 9.64. The molecule has 2 fully saturated rings. The number of carbonyl (C=O) groups excluding carboxylic acids is 1. The van der Waals surface area contributed by atoms with Gasteiger partial charge in [-0.2, -0.15) is 13.2 Å². The molecule has 44 heavy (non-hydrogen) atoms. The molecule has 3 aromatic carbocycles. The minimum absolute atomic E-state index is 0.00415. The van der Waals surface area contributed by atoms with Gasteiger partial charge in [-0.15, -0.1) is 0 Å². The molecule has 236 valence electrons. The predicted molar refractivity (Wildman–Crippen MR) is 158 cm³/mol. The van der Waals surface area contributed by atoms with Crippen LogP contribution in [0, 0.1) is 0 Å². The molecule has 0 spiro atoms. The van der Waals surface area contributed by atoms with E-state index in [4.69, 9.17) is 9.47 Å². The van der Waals surface area contributed by atoms with E-state index in [-0.39, 0.29) is 35.3 Å². The third kappa shape index (κ3) is 7.26. The molecule has 3 atom stereocenters. The molecule has 1 amide bonds.